The molecule has 0 saturated heterocycles. The van der Waals surface area contributed by atoms with E-state index >= 15 is 0 Å². The number of carbonyl (C=O) groups is 1. The molecule has 1 aromatic carbocycles. The molecule has 0 aliphatic heterocycles. The van der Waals surface area contributed by atoms with Crippen LogP contribution in [0.1, 0.15) is 21.6 Å². The van der Waals surface area contributed by atoms with Crippen molar-refractivity contribution < 1.29 is 22.7 Å². The van der Waals surface area contributed by atoms with Crippen LogP contribution in [0.4, 0.5) is 13.2 Å². The van der Waals surface area contributed by atoms with Crippen molar-refractivity contribution in [1.29, 1.82) is 0 Å². The molecule has 2 aromatic rings. The molecule has 21 heavy (non-hydrogen) atoms. The summed E-state index contributed by atoms with van der Waals surface area (Å²) < 4.78 is 42.5. The van der Waals surface area contributed by atoms with Crippen LogP contribution >= 0.6 is 0 Å². The Balaban J connectivity index is 2.44. The fourth-order valence-corrected chi connectivity index (χ4v) is 1.80. The van der Waals surface area contributed by atoms with Crippen LogP contribution in [0.3, 0.4) is 0 Å². The minimum absolute atomic E-state index is 0.0874. The molecule has 0 atom stereocenters. The molecule has 2 rings (SSSR count). The summed E-state index contributed by atoms with van der Waals surface area (Å²) in [6.07, 6.45) is -2.65. The first-order valence-electron chi connectivity index (χ1n) is 5.91. The number of hydrogen-bond acceptors (Lipinski definition) is 4. The molecular weight excluding hydrogens is 285 g/mol. The third kappa shape index (κ3) is 3.18. The lowest BCUT2D eigenvalue weighted by atomic mass is 10.0. The maximum absolute atomic E-state index is 12.6. The number of benzene rings is 1. The summed E-state index contributed by atoms with van der Waals surface area (Å²) in [6, 6.07) is 4.55. The average molecular weight is 296 g/mol. The van der Waals surface area contributed by atoms with Gasteiger partial charge >= 0.3 is 12.1 Å². The highest BCUT2D eigenvalue weighted by atomic mass is 19.4. The number of hydrogen-bond donors (Lipinski definition) is 0. The Kier molecular flexibility index (Phi) is 3.93. The van der Waals surface area contributed by atoms with Crippen LogP contribution in [0.2, 0.25) is 0 Å². The van der Waals surface area contributed by atoms with E-state index in [2.05, 4.69) is 14.7 Å². The SMILES string of the molecule is COC(=O)c1ccc(-c2cncc(C(F)(F)F)n2)cc1C. The van der Waals surface area contributed by atoms with Crippen LogP contribution < -0.4 is 0 Å². The van der Waals surface area contributed by atoms with E-state index in [1.54, 1.807) is 13.0 Å². The number of nitrogens with zero attached hydrogens (tertiary/aromatic N) is 2. The quantitative estimate of drug-likeness (QED) is 0.798. The monoisotopic (exact) mass is 296 g/mol. The number of methoxy groups -OCH3 is 1. The molecule has 7 heteroatoms. The minimum Gasteiger partial charge on any atom is -0.465 e. The number of alkyl halides is 3. The van der Waals surface area contributed by atoms with Gasteiger partial charge in [-0.1, -0.05) is 6.07 Å². The zero-order chi connectivity index (χ0) is 15.6. The molecule has 0 fully saturated rings. The van der Waals surface area contributed by atoms with E-state index in [9.17, 15) is 18.0 Å². The largest absolute Gasteiger partial charge is 0.465 e. The average Bonchev–Trinajstić information content (AvgIpc) is 2.45. The van der Waals surface area contributed by atoms with Crippen LogP contribution in [0.15, 0.2) is 30.6 Å². The Morgan fingerprint density at radius 2 is 1.95 bits per heavy atom. The van der Waals surface area contributed by atoms with Gasteiger partial charge in [0.15, 0.2) is 5.69 Å². The molecule has 1 heterocycles. The fraction of sp³-hybridized carbons (Fsp3) is 0.214. The second-order valence-corrected chi connectivity index (χ2v) is 4.31. The summed E-state index contributed by atoms with van der Waals surface area (Å²) >= 11 is 0. The highest BCUT2D eigenvalue weighted by Gasteiger charge is 2.33. The van der Waals surface area contributed by atoms with Crippen molar-refractivity contribution in [2.75, 3.05) is 7.11 Å². The predicted octanol–water partition coefficient (Wildman–Crippen LogP) is 3.26. The van der Waals surface area contributed by atoms with E-state index in [4.69, 9.17) is 0 Å². The van der Waals surface area contributed by atoms with E-state index in [0.29, 0.717) is 22.9 Å². The van der Waals surface area contributed by atoms with Gasteiger partial charge in [-0.05, 0) is 24.6 Å². The molecule has 0 bridgehead atoms. The maximum Gasteiger partial charge on any atom is 0.434 e. The second kappa shape index (κ2) is 5.51. The first kappa shape index (κ1) is 15.0. The molecular formula is C14H11F3N2O2. The lowest BCUT2D eigenvalue weighted by molar-refractivity contribution is -0.141. The topological polar surface area (TPSA) is 52.1 Å². The van der Waals surface area contributed by atoms with Gasteiger partial charge in [-0.3, -0.25) is 4.98 Å². The summed E-state index contributed by atoms with van der Waals surface area (Å²) in [5.41, 5.74) is 0.400. The van der Waals surface area contributed by atoms with Gasteiger partial charge in [0.2, 0.25) is 0 Å². The van der Waals surface area contributed by atoms with Crippen LogP contribution in [0, 0.1) is 6.92 Å². The van der Waals surface area contributed by atoms with Gasteiger partial charge in [-0.15, -0.1) is 0 Å². The van der Waals surface area contributed by atoms with E-state index in [0.717, 1.165) is 0 Å². The van der Waals surface area contributed by atoms with Crippen molar-refractivity contribution in [2.24, 2.45) is 0 Å². The molecule has 0 N–H and O–H groups in total. The van der Waals surface area contributed by atoms with Gasteiger partial charge in [-0.25, -0.2) is 9.78 Å². The molecule has 0 aliphatic carbocycles. The Morgan fingerprint density at radius 3 is 2.52 bits per heavy atom. The van der Waals surface area contributed by atoms with Gasteiger partial charge < -0.3 is 4.74 Å². The third-order valence-corrected chi connectivity index (χ3v) is 2.85. The van der Waals surface area contributed by atoms with Crippen molar-refractivity contribution in [2.45, 2.75) is 13.1 Å². The Morgan fingerprint density at radius 1 is 1.24 bits per heavy atom. The Labute approximate surface area is 118 Å². The van der Waals surface area contributed by atoms with Gasteiger partial charge in [0.25, 0.3) is 0 Å². The lowest BCUT2D eigenvalue weighted by Crippen LogP contribution is -2.09. The van der Waals surface area contributed by atoms with Crippen LogP contribution in [-0.2, 0) is 10.9 Å². The first-order valence-corrected chi connectivity index (χ1v) is 5.91. The van der Waals surface area contributed by atoms with Crippen LogP contribution in [-0.4, -0.2) is 23.0 Å². The Hall–Kier alpha value is -2.44. The van der Waals surface area contributed by atoms with Gasteiger partial charge in [-0.2, -0.15) is 13.2 Å². The zero-order valence-electron chi connectivity index (χ0n) is 11.2. The van der Waals surface area contributed by atoms with E-state index in [1.807, 2.05) is 0 Å². The van der Waals surface area contributed by atoms with Gasteiger partial charge in [0, 0.05) is 5.56 Å². The number of ether oxygens (including phenoxy) is 1. The molecule has 0 aliphatic rings. The highest BCUT2D eigenvalue weighted by molar-refractivity contribution is 5.91. The Bertz CT molecular complexity index is 684. The van der Waals surface area contributed by atoms with Gasteiger partial charge in [0.1, 0.15) is 0 Å². The molecule has 0 radical (unpaired) electrons. The second-order valence-electron chi connectivity index (χ2n) is 4.31. The van der Waals surface area contributed by atoms with Crippen molar-refractivity contribution in [3.63, 3.8) is 0 Å². The molecule has 0 saturated carbocycles. The molecule has 0 unspecified atom stereocenters. The summed E-state index contributed by atoms with van der Waals surface area (Å²) in [7, 11) is 1.26. The summed E-state index contributed by atoms with van der Waals surface area (Å²) in [6.45, 7) is 1.66. The fourth-order valence-electron chi connectivity index (χ4n) is 1.80. The first-order chi connectivity index (χ1) is 9.82. The molecule has 110 valence electrons. The molecule has 1 aromatic heterocycles. The molecule has 0 amide bonds. The van der Waals surface area contributed by atoms with E-state index in [-0.39, 0.29) is 5.69 Å². The number of carbonyl (C=O) groups excluding carboxylic acids is 1. The summed E-state index contributed by atoms with van der Waals surface area (Å²) in [5, 5.41) is 0. The number of aromatic nitrogens is 2. The number of aryl methyl sites for hydroxylation is 1. The number of halogens is 3. The third-order valence-electron chi connectivity index (χ3n) is 2.85. The normalized spacial score (nSPS) is 11.3. The van der Waals surface area contributed by atoms with Crippen molar-refractivity contribution in [3.05, 3.63) is 47.4 Å². The summed E-state index contributed by atoms with van der Waals surface area (Å²) in [4.78, 5) is 18.6. The minimum atomic E-state index is -4.55. The molecule has 0 spiro atoms. The van der Waals surface area contributed by atoms with E-state index < -0.39 is 17.8 Å². The zero-order valence-corrected chi connectivity index (χ0v) is 11.2. The smallest absolute Gasteiger partial charge is 0.434 e. The van der Waals surface area contributed by atoms with Gasteiger partial charge in [0.05, 0.1) is 30.8 Å². The van der Waals surface area contributed by atoms with Crippen molar-refractivity contribution >= 4 is 5.97 Å². The number of rotatable bonds is 2. The highest BCUT2D eigenvalue weighted by Crippen LogP contribution is 2.29. The standard InChI is InChI=1S/C14H11F3N2O2/c1-8-5-9(3-4-10(8)13(20)21-2)11-6-18-7-12(19-11)14(15,16)17/h3-7H,1-2H3. The molecule has 4 nitrogen and oxygen atoms in total. The van der Waals surface area contributed by atoms with Crippen LogP contribution in [0.25, 0.3) is 11.3 Å². The van der Waals surface area contributed by atoms with Crippen molar-refractivity contribution in [1.82, 2.24) is 9.97 Å². The van der Waals surface area contributed by atoms with Crippen LogP contribution in [0.5, 0.6) is 0 Å². The van der Waals surface area contributed by atoms with Crippen molar-refractivity contribution in [3.8, 4) is 11.3 Å². The van der Waals surface area contributed by atoms with E-state index in [1.165, 1.54) is 25.4 Å². The lowest BCUT2D eigenvalue weighted by Gasteiger charge is -2.09. The maximum atomic E-state index is 12.6. The summed E-state index contributed by atoms with van der Waals surface area (Å²) in [5.74, 6) is -0.505. The predicted molar refractivity (Wildman–Crippen MR) is 68.5 cm³/mol. The number of esters is 1.